The fourth-order valence-electron chi connectivity index (χ4n) is 4.56. The first-order valence-electron chi connectivity index (χ1n) is 11.0. The van der Waals surface area contributed by atoms with E-state index in [4.69, 9.17) is 0 Å². The van der Waals surface area contributed by atoms with Gasteiger partial charge in [-0.25, -0.2) is 9.07 Å². The number of piperidine rings is 1. The van der Waals surface area contributed by atoms with Gasteiger partial charge in [0.1, 0.15) is 11.9 Å². The number of nitrogens with one attached hydrogen (secondary N) is 1. The highest BCUT2D eigenvalue weighted by Gasteiger charge is 2.31. The SMILES string of the molecule is Cc1cccc2cc(C(c3nnnn3Cc3ccc(F)cc3)N3CCCCC3)c(=O)[nH]c12. The summed E-state index contributed by atoms with van der Waals surface area (Å²) in [6.07, 6.45) is 3.32. The highest BCUT2D eigenvalue weighted by atomic mass is 19.1. The van der Waals surface area contributed by atoms with E-state index in [9.17, 15) is 9.18 Å². The number of benzene rings is 2. The van der Waals surface area contributed by atoms with Crippen molar-refractivity contribution < 1.29 is 4.39 Å². The Bertz CT molecular complexity index is 1290. The maximum atomic E-state index is 13.3. The number of likely N-dealkylation sites (tertiary alicyclic amines) is 1. The molecule has 3 heterocycles. The van der Waals surface area contributed by atoms with Gasteiger partial charge < -0.3 is 4.98 Å². The summed E-state index contributed by atoms with van der Waals surface area (Å²) in [6.45, 7) is 4.14. The Morgan fingerprint density at radius 3 is 2.66 bits per heavy atom. The zero-order valence-electron chi connectivity index (χ0n) is 18.0. The summed E-state index contributed by atoms with van der Waals surface area (Å²) in [5, 5.41) is 13.5. The first kappa shape index (κ1) is 20.5. The molecule has 1 unspecified atom stereocenters. The molecule has 1 aliphatic rings. The van der Waals surface area contributed by atoms with Gasteiger partial charge in [-0.1, -0.05) is 36.8 Å². The van der Waals surface area contributed by atoms with Crippen molar-refractivity contribution in [2.75, 3.05) is 13.1 Å². The minimum absolute atomic E-state index is 0.126. The topological polar surface area (TPSA) is 79.7 Å². The molecule has 32 heavy (non-hydrogen) atoms. The van der Waals surface area contributed by atoms with Crippen LogP contribution < -0.4 is 5.56 Å². The van der Waals surface area contributed by atoms with Crippen molar-refractivity contribution in [3.05, 3.63) is 87.2 Å². The summed E-state index contributed by atoms with van der Waals surface area (Å²) in [6, 6.07) is 13.9. The third-order valence-electron chi connectivity index (χ3n) is 6.22. The summed E-state index contributed by atoms with van der Waals surface area (Å²) in [5.74, 6) is 0.337. The third kappa shape index (κ3) is 3.93. The van der Waals surface area contributed by atoms with E-state index < -0.39 is 0 Å². The largest absolute Gasteiger partial charge is 0.321 e. The predicted octanol–water partition coefficient (Wildman–Crippen LogP) is 3.59. The molecule has 0 amide bonds. The maximum absolute atomic E-state index is 13.3. The zero-order valence-corrected chi connectivity index (χ0v) is 18.0. The van der Waals surface area contributed by atoms with Gasteiger partial charge in [-0.15, -0.1) is 5.10 Å². The van der Waals surface area contributed by atoms with Gasteiger partial charge in [0.15, 0.2) is 5.82 Å². The van der Waals surface area contributed by atoms with Gasteiger partial charge in [-0.3, -0.25) is 9.69 Å². The molecule has 2 aromatic carbocycles. The van der Waals surface area contributed by atoms with Crippen LogP contribution in [0.25, 0.3) is 10.9 Å². The second-order valence-corrected chi connectivity index (χ2v) is 8.41. The number of nitrogens with zero attached hydrogens (tertiary/aromatic N) is 5. The summed E-state index contributed by atoms with van der Waals surface area (Å²) in [5.41, 5.74) is 3.28. The van der Waals surface area contributed by atoms with E-state index in [1.165, 1.54) is 18.6 Å². The molecule has 0 bridgehead atoms. The minimum atomic E-state index is -0.362. The van der Waals surface area contributed by atoms with Crippen LogP contribution in [0.5, 0.6) is 0 Å². The van der Waals surface area contributed by atoms with Gasteiger partial charge in [0.2, 0.25) is 0 Å². The monoisotopic (exact) mass is 432 g/mol. The predicted molar refractivity (Wildman–Crippen MR) is 120 cm³/mol. The second kappa shape index (κ2) is 8.63. The molecular weight excluding hydrogens is 407 g/mol. The number of rotatable bonds is 5. The summed E-state index contributed by atoms with van der Waals surface area (Å²) >= 11 is 0. The van der Waals surface area contributed by atoms with E-state index in [0.717, 1.165) is 48.0 Å². The lowest BCUT2D eigenvalue weighted by Crippen LogP contribution is -2.38. The Labute approximate surface area is 184 Å². The van der Waals surface area contributed by atoms with Crippen LogP contribution in [0, 0.1) is 12.7 Å². The van der Waals surface area contributed by atoms with Crippen LogP contribution >= 0.6 is 0 Å². The Morgan fingerprint density at radius 1 is 1.09 bits per heavy atom. The lowest BCUT2D eigenvalue weighted by Gasteiger charge is -2.33. The smallest absolute Gasteiger partial charge is 0.253 e. The summed E-state index contributed by atoms with van der Waals surface area (Å²) in [4.78, 5) is 18.6. The number of hydrogen-bond donors (Lipinski definition) is 1. The van der Waals surface area contributed by atoms with E-state index in [2.05, 4.69) is 25.4 Å². The van der Waals surface area contributed by atoms with Crippen molar-refractivity contribution in [2.45, 2.75) is 38.8 Å². The normalized spacial score (nSPS) is 15.8. The van der Waals surface area contributed by atoms with E-state index in [1.54, 1.807) is 16.8 Å². The molecule has 5 rings (SSSR count). The highest BCUT2D eigenvalue weighted by Crippen LogP contribution is 2.30. The van der Waals surface area contributed by atoms with Crippen LogP contribution in [-0.4, -0.2) is 43.2 Å². The average molecular weight is 433 g/mol. The molecule has 1 saturated heterocycles. The summed E-state index contributed by atoms with van der Waals surface area (Å²) < 4.78 is 15.1. The Morgan fingerprint density at radius 2 is 1.88 bits per heavy atom. The molecule has 0 spiro atoms. The number of para-hydroxylation sites is 1. The number of aromatic amines is 1. The Kier molecular flexibility index (Phi) is 5.53. The molecular formula is C24H25FN6O. The molecule has 0 aliphatic carbocycles. The maximum Gasteiger partial charge on any atom is 0.253 e. The van der Waals surface area contributed by atoms with Crippen molar-refractivity contribution in [3.8, 4) is 0 Å². The Hall–Kier alpha value is -3.39. The van der Waals surface area contributed by atoms with Gasteiger partial charge in [-0.05, 0) is 78.0 Å². The number of halogens is 1. The van der Waals surface area contributed by atoms with Crippen LogP contribution in [0.15, 0.2) is 53.3 Å². The molecule has 2 aromatic heterocycles. The average Bonchev–Trinajstić information content (AvgIpc) is 3.25. The number of pyridine rings is 1. The van der Waals surface area contributed by atoms with Gasteiger partial charge in [0, 0.05) is 5.56 Å². The van der Waals surface area contributed by atoms with Gasteiger partial charge in [0.25, 0.3) is 5.56 Å². The zero-order chi connectivity index (χ0) is 22.1. The van der Waals surface area contributed by atoms with Crippen LogP contribution in [-0.2, 0) is 6.54 Å². The van der Waals surface area contributed by atoms with Crippen molar-refractivity contribution in [1.82, 2.24) is 30.1 Å². The van der Waals surface area contributed by atoms with E-state index in [0.29, 0.717) is 17.9 Å². The number of aryl methyl sites for hydroxylation is 1. The van der Waals surface area contributed by atoms with E-state index >= 15 is 0 Å². The number of tetrazole rings is 1. The second-order valence-electron chi connectivity index (χ2n) is 8.41. The first-order valence-corrected chi connectivity index (χ1v) is 11.0. The molecule has 1 aliphatic heterocycles. The molecule has 0 radical (unpaired) electrons. The van der Waals surface area contributed by atoms with Crippen LogP contribution in [0.4, 0.5) is 4.39 Å². The van der Waals surface area contributed by atoms with E-state index in [1.807, 2.05) is 31.2 Å². The number of H-pyrrole nitrogens is 1. The molecule has 8 heteroatoms. The molecule has 1 atom stereocenters. The molecule has 164 valence electrons. The molecule has 0 saturated carbocycles. The van der Waals surface area contributed by atoms with Gasteiger partial charge in [-0.2, -0.15) is 0 Å². The van der Waals surface area contributed by atoms with Crippen molar-refractivity contribution >= 4 is 10.9 Å². The summed E-state index contributed by atoms with van der Waals surface area (Å²) in [7, 11) is 0. The molecule has 7 nitrogen and oxygen atoms in total. The van der Waals surface area contributed by atoms with Crippen molar-refractivity contribution in [2.24, 2.45) is 0 Å². The molecule has 4 aromatic rings. The quantitative estimate of drug-likeness (QED) is 0.521. The molecule has 1 N–H and O–H groups in total. The van der Waals surface area contributed by atoms with Crippen molar-refractivity contribution in [3.63, 3.8) is 0 Å². The fourth-order valence-corrected chi connectivity index (χ4v) is 4.56. The number of hydrogen-bond acceptors (Lipinski definition) is 5. The highest BCUT2D eigenvalue weighted by molar-refractivity contribution is 5.82. The third-order valence-corrected chi connectivity index (χ3v) is 6.22. The minimum Gasteiger partial charge on any atom is -0.321 e. The van der Waals surface area contributed by atoms with E-state index in [-0.39, 0.29) is 17.4 Å². The lowest BCUT2D eigenvalue weighted by molar-refractivity contribution is 0.177. The van der Waals surface area contributed by atoms with Crippen LogP contribution in [0.3, 0.4) is 0 Å². The number of aromatic nitrogens is 5. The van der Waals surface area contributed by atoms with Gasteiger partial charge in [0.05, 0.1) is 12.1 Å². The number of fused-ring (bicyclic) bond motifs is 1. The fraction of sp³-hybridized carbons (Fsp3) is 0.333. The van der Waals surface area contributed by atoms with Gasteiger partial charge >= 0.3 is 0 Å². The lowest BCUT2D eigenvalue weighted by atomic mass is 9.99. The Balaban J connectivity index is 1.61. The van der Waals surface area contributed by atoms with Crippen LogP contribution in [0.2, 0.25) is 0 Å². The van der Waals surface area contributed by atoms with Crippen LogP contribution in [0.1, 0.15) is 47.8 Å². The van der Waals surface area contributed by atoms with Crippen molar-refractivity contribution in [1.29, 1.82) is 0 Å². The standard InChI is InChI=1S/C24H25FN6O/c1-16-6-5-7-18-14-20(24(32)26-21(16)18)22(30-12-3-2-4-13-30)23-27-28-29-31(23)15-17-8-10-19(25)11-9-17/h5-11,14,22H,2-4,12-13,15H2,1H3,(H,26,32). The first-order chi connectivity index (χ1) is 15.6. The molecule has 1 fully saturated rings.